The Labute approximate surface area is 116 Å². The van der Waals surface area contributed by atoms with Gasteiger partial charge in [0.2, 0.25) is 0 Å². The molecule has 1 aliphatic heterocycles. The second kappa shape index (κ2) is 7.51. The van der Waals surface area contributed by atoms with Crippen LogP contribution in [0.4, 0.5) is 0 Å². The molecule has 0 amide bonds. The number of benzene rings is 1. The summed E-state index contributed by atoms with van der Waals surface area (Å²) < 4.78 is 5.58. The van der Waals surface area contributed by atoms with Crippen molar-refractivity contribution in [2.45, 2.75) is 39.3 Å². The zero-order valence-electron chi connectivity index (χ0n) is 12.2. The highest BCUT2D eigenvalue weighted by Crippen LogP contribution is 2.18. The molecule has 0 aliphatic carbocycles. The summed E-state index contributed by atoms with van der Waals surface area (Å²) in [4.78, 5) is 2.60. The zero-order chi connectivity index (χ0) is 13.5. The topological polar surface area (TPSA) is 24.5 Å². The van der Waals surface area contributed by atoms with Crippen LogP contribution in [0.2, 0.25) is 0 Å². The number of hydrogen-bond acceptors (Lipinski definition) is 3. The Kier molecular flexibility index (Phi) is 5.67. The van der Waals surface area contributed by atoms with Gasteiger partial charge in [0.05, 0.1) is 6.61 Å². The van der Waals surface area contributed by atoms with E-state index in [-0.39, 0.29) is 0 Å². The van der Waals surface area contributed by atoms with Crippen LogP contribution in [-0.4, -0.2) is 37.2 Å². The quantitative estimate of drug-likeness (QED) is 0.817. The summed E-state index contributed by atoms with van der Waals surface area (Å²) >= 11 is 0. The lowest BCUT2D eigenvalue weighted by Gasteiger charge is -2.28. The summed E-state index contributed by atoms with van der Waals surface area (Å²) in [5, 5.41) is 3.46. The minimum atomic E-state index is 0.690. The average molecular weight is 262 g/mol. The first-order chi connectivity index (χ1) is 9.33. The fraction of sp³-hybridized carbons (Fsp3) is 0.625. The molecule has 0 aromatic heterocycles. The number of ether oxygens (including phenoxy) is 1. The van der Waals surface area contributed by atoms with Crippen molar-refractivity contribution in [2.24, 2.45) is 0 Å². The van der Waals surface area contributed by atoms with Crippen molar-refractivity contribution in [3.63, 3.8) is 0 Å². The van der Waals surface area contributed by atoms with Gasteiger partial charge >= 0.3 is 0 Å². The van der Waals surface area contributed by atoms with Crippen LogP contribution in [0.5, 0.6) is 5.75 Å². The first kappa shape index (κ1) is 14.4. The van der Waals surface area contributed by atoms with Crippen LogP contribution in [0.25, 0.3) is 0 Å². The number of rotatable bonds is 7. The normalized spacial score (nSPS) is 19.0. The molecule has 3 nitrogen and oxygen atoms in total. The molecule has 1 aromatic rings. The molecule has 1 N–H and O–H groups in total. The van der Waals surface area contributed by atoms with E-state index in [4.69, 9.17) is 4.74 Å². The lowest BCUT2D eigenvalue weighted by atomic mass is 10.1. The van der Waals surface area contributed by atoms with Crippen molar-refractivity contribution in [2.75, 3.05) is 26.2 Å². The highest BCUT2D eigenvalue weighted by atomic mass is 16.5. The fourth-order valence-corrected chi connectivity index (χ4v) is 2.76. The molecule has 1 fully saturated rings. The van der Waals surface area contributed by atoms with E-state index in [1.807, 2.05) is 13.0 Å². The summed E-state index contributed by atoms with van der Waals surface area (Å²) in [6.45, 7) is 9.50. The molecule has 0 radical (unpaired) electrons. The standard InChI is InChI=1S/C16H26N2O/c1-3-10-18(15-8-9-17-12-15)13-14-6-5-7-16(11-14)19-4-2/h5-7,11,15,17H,3-4,8-10,12-13H2,1-2H3. The second-order valence-corrected chi connectivity index (χ2v) is 5.20. The van der Waals surface area contributed by atoms with Crippen molar-refractivity contribution in [1.82, 2.24) is 10.2 Å². The Morgan fingerprint density at radius 1 is 1.37 bits per heavy atom. The van der Waals surface area contributed by atoms with Gasteiger partial charge in [-0.1, -0.05) is 19.1 Å². The molecular weight excluding hydrogens is 236 g/mol. The van der Waals surface area contributed by atoms with E-state index in [0.29, 0.717) is 6.04 Å². The van der Waals surface area contributed by atoms with E-state index in [1.165, 1.54) is 24.9 Å². The lowest BCUT2D eigenvalue weighted by Crippen LogP contribution is -2.36. The van der Waals surface area contributed by atoms with Crippen LogP contribution in [0.15, 0.2) is 24.3 Å². The van der Waals surface area contributed by atoms with Gasteiger partial charge in [-0.05, 0) is 50.6 Å². The van der Waals surface area contributed by atoms with Gasteiger partial charge in [-0.15, -0.1) is 0 Å². The molecule has 106 valence electrons. The fourth-order valence-electron chi connectivity index (χ4n) is 2.76. The smallest absolute Gasteiger partial charge is 0.119 e. The van der Waals surface area contributed by atoms with Gasteiger partial charge in [-0.3, -0.25) is 4.90 Å². The van der Waals surface area contributed by atoms with Gasteiger partial charge in [-0.2, -0.15) is 0 Å². The molecule has 0 saturated carbocycles. The number of nitrogens with zero attached hydrogens (tertiary/aromatic N) is 1. The highest BCUT2D eigenvalue weighted by molar-refractivity contribution is 5.28. The summed E-state index contributed by atoms with van der Waals surface area (Å²) in [6.07, 6.45) is 2.48. The molecule has 1 unspecified atom stereocenters. The third kappa shape index (κ3) is 4.22. The molecule has 0 bridgehead atoms. The largest absolute Gasteiger partial charge is 0.494 e. The van der Waals surface area contributed by atoms with Gasteiger partial charge in [0.1, 0.15) is 5.75 Å². The van der Waals surface area contributed by atoms with E-state index in [9.17, 15) is 0 Å². The van der Waals surface area contributed by atoms with E-state index in [2.05, 4.69) is 35.3 Å². The van der Waals surface area contributed by atoms with Crippen molar-refractivity contribution < 1.29 is 4.74 Å². The Morgan fingerprint density at radius 3 is 2.95 bits per heavy atom. The van der Waals surface area contributed by atoms with E-state index >= 15 is 0 Å². The molecule has 2 rings (SSSR count). The third-order valence-corrected chi connectivity index (χ3v) is 3.66. The van der Waals surface area contributed by atoms with Gasteiger partial charge in [0, 0.05) is 19.1 Å². The zero-order valence-corrected chi connectivity index (χ0v) is 12.2. The van der Waals surface area contributed by atoms with E-state index in [0.717, 1.165) is 32.0 Å². The summed E-state index contributed by atoms with van der Waals surface area (Å²) in [6, 6.07) is 9.20. The second-order valence-electron chi connectivity index (χ2n) is 5.20. The van der Waals surface area contributed by atoms with Gasteiger partial charge in [0.15, 0.2) is 0 Å². The van der Waals surface area contributed by atoms with Crippen LogP contribution in [0, 0.1) is 0 Å². The summed E-state index contributed by atoms with van der Waals surface area (Å²) in [5.74, 6) is 0.987. The average Bonchev–Trinajstić information content (AvgIpc) is 2.93. The Morgan fingerprint density at radius 2 is 2.26 bits per heavy atom. The van der Waals surface area contributed by atoms with Crippen LogP contribution in [0.3, 0.4) is 0 Å². The summed E-state index contributed by atoms with van der Waals surface area (Å²) in [7, 11) is 0. The Hall–Kier alpha value is -1.06. The third-order valence-electron chi connectivity index (χ3n) is 3.66. The van der Waals surface area contributed by atoms with Gasteiger partial charge < -0.3 is 10.1 Å². The molecule has 0 spiro atoms. The minimum absolute atomic E-state index is 0.690. The van der Waals surface area contributed by atoms with Crippen LogP contribution < -0.4 is 10.1 Å². The summed E-state index contributed by atoms with van der Waals surface area (Å²) in [5.41, 5.74) is 1.35. The molecule has 3 heteroatoms. The molecule has 1 atom stereocenters. The maximum atomic E-state index is 5.58. The minimum Gasteiger partial charge on any atom is -0.494 e. The van der Waals surface area contributed by atoms with Crippen LogP contribution in [0.1, 0.15) is 32.3 Å². The van der Waals surface area contributed by atoms with Crippen molar-refractivity contribution in [3.05, 3.63) is 29.8 Å². The van der Waals surface area contributed by atoms with E-state index in [1.54, 1.807) is 0 Å². The Balaban J connectivity index is 2.01. The number of hydrogen-bond donors (Lipinski definition) is 1. The van der Waals surface area contributed by atoms with E-state index < -0.39 is 0 Å². The predicted octanol–water partition coefficient (Wildman–Crippen LogP) is 2.66. The van der Waals surface area contributed by atoms with Gasteiger partial charge in [0.25, 0.3) is 0 Å². The first-order valence-electron chi connectivity index (χ1n) is 7.50. The lowest BCUT2D eigenvalue weighted by molar-refractivity contribution is 0.199. The molecule has 19 heavy (non-hydrogen) atoms. The molecule has 1 saturated heterocycles. The number of nitrogens with one attached hydrogen (secondary N) is 1. The van der Waals surface area contributed by atoms with Gasteiger partial charge in [-0.25, -0.2) is 0 Å². The predicted molar refractivity (Wildman–Crippen MR) is 79.6 cm³/mol. The van der Waals surface area contributed by atoms with Crippen molar-refractivity contribution in [1.29, 1.82) is 0 Å². The SMILES string of the molecule is CCCN(Cc1cccc(OCC)c1)C1CCNC1. The van der Waals surface area contributed by atoms with Crippen LogP contribution in [-0.2, 0) is 6.54 Å². The molecule has 1 heterocycles. The van der Waals surface area contributed by atoms with Crippen molar-refractivity contribution in [3.8, 4) is 5.75 Å². The van der Waals surface area contributed by atoms with Crippen molar-refractivity contribution >= 4 is 0 Å². The maximum absolute atomic E-state index is 5.58. The molecular formula is C16H26N2O. The molecule has 1 aliphatic rings. The first-order valence-corrected chi connectivity index (χ1v) is 7.50. The highest BCUT2D eigenvalue weighted by Gasteiger charge is 2.21. The van der Waals surface area contributed by atoms with Crippen LogP contribution >= 0.6 is 0 Å². The monoisotopic (exact) mass is 262 g/mol. The Bertz CT molecular complexity index is 375. The maximum Gasteiger partial charge on any atom is 0.119 e. The molecule has 1 aromatic carbocycles.